The number of carbonyl (C=O) groups excluding carboxylic acids is 2. The molecule has 0 spiro atoms. The van der Waals surface area contributed by atoms with Gasteiger partial charge in [-0.2, -0.15) is 4.73 Å². The summed E-state index contributed by atoms with van der Waals surface area (Å²) in [5.74, 6) is -1.36. The number of anilines is 1. The first-order valence-electron chi connectivity index (χ1n) is 6.54. The van der Waals surface area contributed by atoms with E-state index in [1.807, 2.05) is 0 Å². The highest BCUT2D eigenvalue weighted by Crippen LogP contribution is 2.12. The largest absolute Gasteiger partial charge is 0.619 e. The molecular weight excluding hydrogens is 338 g/mol. The first-order valence-corrected chi connectivity index (χ1v) is 8.09. The minimum atomic E-state index is -3.81. The highest BCUT2D eigenvalue weighted by atomic mass is 32.2. The van der Waals surface area contributed by atoms with Crippen molar-refractivity contribution in [3.63, 3.8) is 0 Å². The van der Waals surface area contributed by atoms with Crippen LogP contribution in [0.2, 0.25) is 0 Å². The number of sulfonamides is 1. The molecule has 0 atom stereocenters. The summed E-state index contributed by atoms with van der Waals surface area (Å²) in [5.41, 5.74) is 0.447. The number of hydrogen-bond donors (Lipinski definition) is 2. The van der Waals surface area contributed by atoms with Crippen LogP contribution >= 0.6 is 0 Å². The van der Waals surface area contributed by atoms with E-state index in [0.29, 0.717) is 10.4 Å². The molecule has 1 aromatic carbocycles. The normalized spacial score (nSPS) is 10.9. The number of nitrogens with one attached hydrogen (secondary N) is 1. The molecule has 0 saturated heterocycles. The van der Waals surface area contributed by atoms with Gasteiger partial charge in [0.1, 0.15) is 0 Å². The van der Waals surface area contributed by atoms with E-state index in [1.165, 1.54) is 36.4 Å². The van der Waals surface area contributed by atoms with Gasteiger partial charge in [-0.25, -0.2) is 18.4 Å². The van der Waals surface area contributed by atoms with Gasteiger partial charge in [-0.15, -0.1) is 0 Å². The van der Waals surface area contributed by atoms with E-state index in [-0.39, 0.29) is 10.5 Å². The third-order valence-electron chi connectivity index (χ3n) is 2.84. The van der Waals surface area contributed by atoms with Gasteiger partial charge in [0.05, 0.1) is 10.5 Å². The molecule has 10 heteroatoms. The molecule has 126 valence electrons. The quantitative estimate of drug-likeness (QED) is 0.432. The summed E-state index contributed by atoms with van der Waals surface area (Å²) in [5, 5.41) is 18.2. The number of benzene rings is 1. The zero-order valence-electron chi connectivity index (χ0n) is 12.2. The Morgan fingerprint density at radius 2 is 1.71 bits per heavy atom. The first kappa shape index (κ1) is 17.4. The zero-order chi connectivity index (χ0) is 17.7. The van der Waals surface area contributed by atoms with Crippen molar-refractivity contribution in [1.29, 1.82) is 0 Å². The van der Waals surface area contributed by atoms with Gasteiger partial charge in [0.15, 0.2) is 19.0 Å². The molecule has 9 nitrogen and oxygen atoms in total. The zero-order valence-corrected chi connectivity index (χ0v) is 13.0. The van der Waals surface area contributed by atoms with Crippen molar-refractivity contribution in [2.45, 2.75) is 4.90 Å². The van der Waals surface area contributed by atoms with Crippen molar-refractivity contribution < 1.29 is 27.5 Å². The predicted molar refractivity (Wildman–Crippen MR) is 82.1 cm³/mol. The Labute approximate surface area is 137 Å². The molecule has 0 aliphatic carbocycles. The van der Waals surface area contributed by atoms with Gasteiger partial charge < -0.3 is 15.3 Å². The topological polar surface area (TPSA) is 142 Å². The van der Waals surface area contributed by atoms with Crippen molar-refractivity contribution in [3.05, 3.63) is 59.6 Å². The summed E-state index contributed by atoms with van der Waals surface area (Å²) in [7, 11) is -3.81. The molecule has 0 unspecified atom stereocenters. The summed E-state index contributed by atoms with van der Waals surface area (Å²) in [6, 6.07) is 7.70. The molecule has 1 aromatic heterocycles. The smallest absolute Gasteiger partial charge is 0.339 e. The fourth-order valence-corrected chi connectivity index (χ4v) is 2.20. The van der Waals surface area contributed by atoms with Gasteiger partial charge in [0.2, 0.25) is 10.0 Å². The maximum absolute atomic E-state index is 11.7. The van der Waals surface area contributed by atoms with Crippen molar-refractivity contribution in [2.24, 2.45) is 5.14 Å². The molecule has 1 heterocycles. The number of ether oxygens (including phenoxy) is 1. The minimum absolute atomic E-state index is 0.0911. The minimum Gasteiger partial charge on any atom is -0.619 e. The van der Waals surface area contributed by atoms with Crippen LogP contribution in [-0.4, -0.2) is 26.9 Å². The van der Waals surface area contributed by atoms with E-state index in [4.69, 9.17) is 9.88 Å². The van der Waals surface area contributed by atoms with Gasteiger partial charge in [0.25, 0.3) is 5.91 Å². The fraction of sp³-hybridized carbons (Fsp3) is 0.0714. The number of amides is 1. The summed E-state index contributed by atoms with van der Waals surface area (Å²) >= 11 is 0. The Hall–Kier alpha value is -2.98. The number of pyridine rings is 1. The van der Waals surface area contributed by atoms with Crippen LogP contribution in [0.1, 0.15) is 10.4 Å². The van der Waals surface area contributed by atoms with Crippen LogP contribution in [0.15, 0.2) is 53.7 Å². The lowest BCUT2D eigenvalue weighted by Crippen LogP contribution is -2.25. The van der Waals surface area contributed by atoms with Crippen LogP contribution in [0.25, 0.3) is 0 Å². The second-order valence-corrected chi connectivity index (χ2v) is 6.20. The molecule has 3 N–H and O–H groups in total. The highest BCUT2D eigenvalue weighted by Gasteiger charge is 2.12. The summed E-state index contributed by atoms with van der Waals surface area (Å²) in [6.45, 7) is -0.540. The van der Waals surface area contributed by atoms with E-state index in [2.05, 4.69) is 5.32 Å². The maximum Gasteiger partial charge on any atom is 0.339 e. The lowest BCUT2D eigenvalue weighted by atomic mass is 10.3. The lowest BCUT2D eigenvalue weighted by Gasteiger charge is -2.07. The van der Waals surface area contributed by atoms with Crippen LogP contribution in [0.3, 0.4) is 0 Å². The Balaban J connectivity index is 1.89. The average molecular weight is 351 g/mol. The molecule has 2 aromatic rings. The number of rotatable bonds is 5. The number of nitrogens with zero attached hydrogens (tertiary/aromatic N) is 1. The van der Waals surface area contributed by atoms with E-state index in [0.717, 1.165) is 12.4 Å². The number of aromatic nitrogens is 1. The Morgan fingerprint density at radius 1 is 1.12 bits per heavy atom. The number of nitrogens with two attached hydrogens (primary N) is 1. The third kappa shape index (κ3) is 4.76. The van der Waals surface area contributed by atoms with Crippen molar-refractivity contribution >= 4 is 27.6 Å². The average Bonchev–Trinajstić information content (AvgIpc) is 2.53. The number of esters is 1. The second-order valence-electron chi connectivity index (χ2n) is 4.64. The third-order valence-corrected chi connectivity index (χ3v) is 3.77. The summed E-state index contributed by atoms with van der Waals surface area (Å²) < 4.78 is 27.5. The maximum atomic E-state index is 11.7. The summed E-state index contributed by atoms with van der Waals surface area (Å²) in [6.07, 6.45) is 2.26. The Kier molecular flexibility index (Phi) is 5.11. The number of hydrogen-bond acceptors (Lipinski definition) is 6. The molecular formula is C14H13N3O6S. The van der Waals surface area contributed by atoms with Gasteiger partial charge >= 0.3 is 5.97 Å². The standard InChI is InChI=1S/C14H13N3O6S/c15-24(21,22)12-3-1-11(2-4-12)16-13(18)9-23-14(19)10-5-7-17(20)8-6-10/h1-8H,9H2,(H,16,18)(H2,15,21,22). The van der Waals surface area contributed by atoms with Gasteiger partial charge in [-0.1, -0.05) is 0 Å². The van der Waals surface area contributed by atoms with E-state index < -0.39 is 28.5 Å². The van der Waals surface area contributed by atoms with Gasteiger partial charge in [0, 0.05) is 17.8 Å². The monoisotopic (exact) mass is 351 g/mol. The molecule has 24 heavy (non-hydrogen) atoms. The van der Waals surface area contributed by atoms with E-state index in [1.54, 1.807) is 0 Å². The van der Waals surface area contributed by atoms with Crippen LogP contribution in [0.4, 0.5) is 5.69 Å². The number of carbonyl (C=O) groups is 2. The first-order chi connectivity index (χ1) is 11.3. The van der Waals surface area contributed by atoms with Gasteiger partial charge in [-0.3, -0.25) is 4.79 Å². The van der Waals surface area contributed by atoms with E-state index >= 15 is 0 Å². The molecule has 0 aliphatic heterocycles. The second kappa shape index (κ2) is 7.06. The molecule has 1 amide bonds. The molecule has 0 aliphatic rings. The SMILES string of the molecule is NS(=O)(=O)c1ccc(NC(=O)COC(=O)c2cc[n+]([O-])cc2)cc1. The lowest BCUT2D eigenvalue weighted by molar-refractivity contribution is -0.605. The number of primary sulfonamides is 1. The fourth-order valence-electron chi connectivity index (χ4n) is 1.69. The Bertz CT molecular complexity index is 847. The van der Waals surface area contributed by atoms with Crippen molar-refractivity contribution in [2.75, 3.05) is 11.9 Å². The Morgan fingerprint density at radius 3 is 2.25 bits per heavy atom. The highest BCUT2D eigenvalue weighted by molar-refractivity contribution is 7.89. The molecule has 2 rings (SSSR count). The predicted octanol–water partition coefficient (Wildman–Crippen LogP) is -0.237. The van der Waals surface area contributed by atoms with E-state index in [9.17, 15) is 23.2 Å². The van der Waals surface area contributed by atoms with Crippen molar-refractivity contribution in [1.82, 2.24) is 0 Å². The molecule has 0 fully saturated rings. The molecule has 0 saturated carbocycles. The van der Waals surface area contributed by atoms with Crippen LogP contribution in [0, 0.1) is 5.21 Å². The van der Waals surface area contributed by atoms with Crippen molar-refractivity contribution in [3.8, 4) is 0 Å². The summed E-state index contributed by atoms with van der Waals surface area (Å²) in [4.78, 5) is 23.3. The van der Waals surface area contributed by atoms with Gasteiger partial charge in [-0.05, 0) is 24.3 Å². The van der Waals surface area contributed by atoms with Crippen LogP contribution in [0.5, 0.6) is 0 Å². The molecule has 0 bridgehead atoms. The van der Waals surface area contributed by atoms with Crippen LogP contribution < -0.4 is 15.2 Å². The van der Waals surface area contributed by atoms with Crippen LogP contribution in [-0.2, 0) is 19.6 Å². The molecule has 0 radical (unpaired) electrons.